The molecular weight excluding hydrogens is 304 g/mol. The van der Waals surface area contributed by atoms with Crippen LogP contribution >= 0.6 is 23.1 Å². The monoisotopic (exact) mass is 316 g/mol. The molecule has 0 saturated carbocycles. The van der Waals surface area contributed by atoms with Crippen molar-refractivity contribution in [1.82, 2.24) is 15.0 Å². The van der Waals surface area contributed by atoms with E-state index >= 15 is 0 Å². The maximum absolute atomic E-state index is 12.2. The number of thiazole rings is 1. The lowest BCUT2D eigenvalue weighted by Gasteiger charge is -2.08. The second-order valence-corrected chi connectivity index (χ2v) is 6.61. The largest absolute Gasteiger partial charge is 0.301 e. The van der Waals surface area contributed by atoms with Crippen molar-refractivity contribution in [3.05, 3.63) is 42.7 Å². The molecule has 0 fully saturated rings. The Morgan fingerprint density at radius 3 is 2.76 bits per heavy atom. The molecule has 1 atom stereocenters. The van der Waals surface area contributed by atoms with Gasteiger partial charge >= 0.3 is 0 Å². The molecule has 3 rings (SSSR count). The summed E-state index contributed by atoms with van der Waals surface area (Å²) in [6, 6.07) is 9.54. The fourth-order valence-electron chi connectivity index (χ4n) is 1.69. The summed E-state index contributed by atoms with van der Waals surface area (Å²) in [6.45, 7) is 1.82. The molecule has 0 aliphatic rings. The van der Waals surface area contributed by atoms with Gasteiger partial charge in [-0.25, -0.2) is 15.0 Å². The van der Waals surface area contributed by atoms with E-state index in [2.05, 4.69) is 20.3 Å². The van der Waals surface area contributed by atoms with Gasteiger partial charge in [0.2, 0.25) is 5.91 Å². The van der Waals surface area contributed by atoms with Crippen molar-refractivity contribution >= 4 is 44.4 Å². The summed E-state index contributed by atoms with van der Waals surface area (Å²) in [5.74, 6) is -0.105. The molecular formula is C14H12N4OS2. The lowest BCUT2D eigenvalue weighted by atomic mass is 10.3. The minimum atomic E-state index is -0.292. The summed E-state index contributed by atoms with van der Waals surface area (Å²) < 4.78 is 1.06. The van der Waals surface area contributed by atoms with Crippen LogP contribution in [0.5, 0.6) is 0 Å². The second kappa shape index (κ2) is 6.19. The van der Waals surface area contributed by atoms with Crippen LogP contribution in [0, 0.1) is 0 Å². The minimum Gasteiger partial charge on any atom is -0.301 e. The standard InChI is InChI=1S/C14H12N4OS2/c1-9(20-13-15-7-4-8-16-13)12(19)18-14-17-10-5-2-3-6-11(10)21-14/h2-9H,1H3,(H,17,18,19). The number of rotatable bonds is 4. The smallest absolute Gasteiger partial charge is 0.239 e. The lowest BCUT2D eigenvalue weighted by molar-refractivity contribution is -0.115. The van der Waals surface area contributed by atoms with Crippen LogP contribution in [-0.2, 0) is 4.79 Å². The van der Waals surface area contributed by atoms with Crippen LogP contribution in [0.4, 0.5) is 5.13 Å². The maximum Gasteiger partial charge on any atom is 0.239 e. The lowest BCUT2D eigenvalue weighted by Crippen LogP contribution is -2.22. The van der Waals surface area contributed by atoms with Crippen molar-refractivity contribution in [1.29, 1.82) is 0 Å². The topological polar surface area (TPSA) is 67.8 Å². The van der Waals surface area contributed by atoms with Crippen LogP contribution in [0.1, 0.15) is 6.92 Å². The Labute approximate surface area is 129 Å². The molecule has 0 radical (unpaired) electrons. The van der Waals surface area contributed by atoms with Crippen molar-refractivity contribution in [2.45, 2.75) is 17.3 Å². The number of para-hydroxylation sites is 1. The first-order valence-electron chi connectivity index (χ1n) is 6.32. The number of carbonyl (C=O) groups excluding carboxylic acids is 1. The van der Waals surface area contributed by atoms with Crippen LogP contribution in [-0.4, -0.2) is 26.1 Å². The van der Waals surface area contributed by atoms with Crippen LogP contribution in [0.2, 0.25) is 0 Å². The molecule has 0 aliphatic heterocycles. The number of amides is 1. The van der Waals surface area contributed by atoms with Crippen LogP contribution in [0.15, 0.2) is 47.9 Å². The Balaban J connectivity index is 1.68. The van der Waals surface area contributed by atoms with E-state index in [1.54, 1.807) is 18.5 Å². The third-order valence-corrected chi connectivity index (χ3v) is 4.66. The number of carbonyl (C=O) groups is 1. The molecule has 0 bridgehead atoms. The third-order valence-electron chi connectivity index (χ3n) is 2.72. The molecule has 0 saturated heterocycles. The Bertz CT molecular complexity index is 727. The molecule has 3 aromatic rings. The summed E-state index contributed by atoms with van der Waals surface area (Å²) in [7, 11) is 0. The van der Waals surface area contributed by atoms with Crippen molar-refractivity contribution in [2.24, 2.45) is 0 Å². The number of benzene rings is 1. The van der Waals surface area contributed by atoms with Crippen LogP contribution in [0.3, 0.4) is 0 Å². The molecule has 1 aromatic carbocycles. The highest BCUT2D eigenvalue weighted by Gasteiger charge is 2.17. The molecule has 2 heterocycles. The zero-order chi connectivity index (χ0) is 14.7. The van der Waals surface area contributed by atoms with E-state index in [4.69, 9.17) is 0 Å². The maximum atomic E-state index is 12.2. The second-order valence-electron chi connectivity index (χ2n) is 4.27. The van der Waals surface area contributed by atoms with E-state index in [9.17, 15) is 4.79 Å². The Hall–Kier alpha value is -1.99. The highest BCUT2D eigenvalue weighted by Crippen LogP contribution is 2.26. The van der Waals surface area contributed by atoms with Gasteiger partial charge in [-0.1, -0.05) is 35.2 Å². The van der Waals surface area contributed by atoms with E-state index in [-0.39, 0.29) is 11.2 Å². The molecule has 106 valence electrons. The predicted molar refractivity (Wildman–Crippen MR) is 85.6 cm³/mol. The van der Waals surface area contributed by atoms with Gasteiger partial charge in [-0.05, 0) is 25.1 Å². The van der Waals surface area contributed by atoms with E-state index < -0.39 is 0 Å². The van der Waals surface area contributed by atoms with Crippen LogP contribution < -0.4 is 5.32 Å². The molecule has 0 aliphatic carbocycles. The van der Waals surface area contributed by atoms with Gasteiger partial charge in [-0.2, -0.15) is 0 Å². The van der Waals surface area contributed by atoms with Gasteiger partial charge in [0.25, 0.3) is 0 Å². The number of nitrogens with zero attached hydrogens (tertiary/aromatic N) is 3. The number of nitrogens with one attached hydrogen (secondary N) is 1. The van der Waals surface area contributed by atoms with Gasteiger partial charge in [-0.15, -0.1) is 0 Å². The first-order valence-corrected chi connectivity index (χ1v) is 8.02. The number of fused-ring (bicyclic) bond motifs is 1. The summed E-state index contributed by atoms with van der Waals surface area (Å²) >= 11 is 2.79. The van der Waals surface area contributed by atoms with E-state index in [1.165, 1.54) is 23.1 Å². The zero-order valence-corrected chi connectivity index (χ0v) is 12.8. The molecule has 7 heteroatoms. The first kappa shape index (κ1) is 14.0. The van der Waals surface area contributed by atoms with Crippen LogP contribution in [0.25, 0.3) is 10.2 Å². The van der Waals surface area contributed by atoms with E-state index in [0.29, 0.717) is 10.3 Å². The summed E-state index contributed by atoms with van der Waals surface area (Å²) in [4.78, 5) is 24.8. The van der Waals surface area contributed by atoms with Crippen molar-refractivity contribution < 1.29 is 4.79 Å². The number of hydrogen-bond donors (Lipinski definition) is 1. The van der Waals surface area contributed by atoms with Gasteiger partial charge in [0, 0.05) is 12.4 Å². The Morgan fingerprint density at radius 1 is 1.24 bits per heavy atom. The normalized spacial score (nSPS) is 12.2. The van der Waals surface area contributed by atoms with Gasteiger partial charge in [-0.3, -0.25) is 4.79 Å². The van der Waals surface area contributed by atoms with Gasteiger partial charge in [0.05, 0.1) is 15.5 Å². The fraction of sp³-hybridized carbons (Fsp3) is 0.143. The zero-order valence-electron chi connectivity index (χ0n) is 11.2. The summed E-state index contributed by atoms with van der Waals surface area (Å²) in [5.41, 5.74) is 0.893. The quantitative estimate of drug-likeness (QED) is 0.591. The molecule has 1 amide bonds. The Kier molecular flexibility index (Phi) is 4.12. The van der Waals surface area contributed by atoms with Gasteiger partial charge in [0.15, 0.2) is 10.3 Å². The average molecular weight is 316 g/mol. The molecule has 2 aromatic heterocycles. The Morgan fingerprint density at radius 2 is 2.00 bits per heavy atom. The van der Waals surface area contributed by atoms with Crippen molar-refractivity contribution in [3.8, 4) is 0 Å². The molecule has 0 spiro atoms. The molecule has 1 N–H and O–H groups in total. The number of aromatic nitrogens is 3. The highest BCUT2D eigenvalue weighted by atomic mass is 32.2. The van der Waals surface area contributed by atoms with Gasteiger partial charge < -0.3 is 5.32 Å². The molecule has 1 unspecified atom stereocenters. The third kappa shape index (κ3) is 3.37. The number of thioether (sulfide) groups is 1. The van der Waals surface area contributed by atoms with Crippen molar-refractivity contribution in [3.63, 3.8) is 0 Å². The van der Waals surface area contributed by atoms with Gasteiger partial charge in [0.1, 0.15) is 0 Å². The highest BCUT2D eigenvalue weighted by molar-refractivity contribution is 8.00. The summed E-state index contributed by atoms with van der Waals surface area (Å²) in [5, 5.41) is 3.75. The first-order chi connectivity index (χ1) is 10.2. The molecule has 5 nitrogen and oxygen atoms in total. The van der Waals surface area contributed by atoms with Crippen molar-refractivity contribution in [2.75, 3.05) is 5.32 Å². The average Bonchev–Trinajstić information content (AvgIpc) is 2.90. The summed E-state index contributed by atoms with van der Waals surface area (Å²) in [6.07, 6.45) is 3.32. The van der Waals surface area contributed by atoms with E-state index in [0.717, 1.165) is 10.2 Å². The minimum absolute atomic E-state index is 0.105. The molecule has 21 heavy (non-hydrogen) atoms. The number of anilines is 1. The SMILES string of the molecule is CC(Sc1ncccn1)C(=O)Nc1nc2ccccc2s1. The fourth-order valence-corrected chi connectivity index (χ4v) is 3.29. The predicted octanol–water partition coefficient (Wildman–Crippen LogP) is 3.21. The number of hydrogen-bond acceptors (Lipinski definition) is 6. The van der Waals surface area contributed by atoms with E-state index in [1.807, 2.05) is 31.2 Å².